The van der Waals surface area contributed by atoms with Crippen LogP contribution in [0.2, 0.25) is 5.02 Å². The van der Waals surface area contributed by atoms with Crippen LogP contribution in [0, 0.1) is 0 Å². The fourth-order valence-corrected chi connectivity index (χ4v) is 2.50. The molecule has 0 radical (unpaired) electrons. The standard InChI is InChI=1S/C17H16ClN3/c1-12(19)14-7-8-17(16(18)9-14)21-11-15(10-20-21)13-5-3-2-4-6-13/h2-12H,19H2,1H3/t12-/m0/s1. The Morgan fingerprint density at radius 1 is 1.10 bits per heavy atom. The summed E-state index contributed by atoms with van der Waals surface area (Å²) in [5, 5.41) is 5.04. The van der Waals surface area contributed by atoms with Crippen molar-refractivity contribution in [1.82, 2.24) is 9.78 Å². The average Bonchev–Trinajstić information content (AvgIpc) is 2.97. The molecule has 0 fully saturated rings. The fraction of sp³-hybridized carbons (Fsp3) is 0.118. The molecule has 2 N–H and O–H groups in total. The van der Waals surface area contributed by atoms with Crippen LogP contribution in [-0.2, 0) is 0 Å². The van der Waals surface area contributed by atoms with Gasteiger partial charge in [-0.1, -0.05) is 48.0 Å². The van der Waals surface area contributed by atoms with Crippen molar-refractivity contribution in [1.29, 1.82) is 0 Å². The van der Waals surface area contributed by atoms with E-state index in [9.17, 15) is 0 Å². The maximum Gasteiger partial charge on any atom is 0.0832 e. The second-order valence-corrected chi connectivity index (χ2v) is 5.45. The predicted octanol–water partition coefficient (Wildman–Crippen LogP) is 4.21. The van der Waals surface area contributed by atoms with E-state index in [1.54, 1.807) is 4.68 Å². The normalized spacial score (nSPS) is 12.3. The van der Waals surface area contributed by atoms with Gasteiger partial charge in [-0.05, 0) is 30.2 Å². The van der Waals surface area contributed by atoms with Crippen LogP contribution in [-0.4, -0.2) is 9.78 Å². The molecule has 0 aliphatic heterocycles. The highest BCUT2D eigenvalue weighted by Crippen LogP contribution is 2.26. The average molecular weight is 298 g/mol. The van der Waals surface area contributed by atoms with Gasteiger partial charge in [0.05, 0.1) is 16.9 Å². The third-order valence-corrected chi connectivity index (χ3v) is 3.74. The van der Waals surface area contributed by atoms with Crippen LogP contribution in [0.5, 0.6) is 0 Å². The molecule has 1 aromatic heterocycles. The van der Waals surface area contributed by atoms with Crippen LogP contribution >= 0.6 is 11.6 Å². The summed E-state index contributed by atoms with van der Waals surface area (Å²) in [4.78, 5) is 0. The predicted molar refractivity (Wildman–Crippen MR) is 86.6 cm³/mol. The van der Waals surface area contributed by atoms with Gasteiger partial charge in [-0.15, -0.1) is 0 Å². The molecule has 1 heterocycles. The van der Waals surface area contributed by atoms with E-state index in [1.165, 1.54) is 0 Å². The van der Waals surface area contributed by atoms with Crippen molar-refractivity contribution in [3.63, 3.8) is 0 Å². The second-order valence-electron chi connectivity index (χ2n) is 5.04. The number of nitrogens with two attached hydrogens (primary N) is 1. The van der Waals surface area contributed by atoms with Gasteiger partial charge in [0.2, 0.25) is 0 Å². The first-order chi connectivity index (χ1) is 10.1. The van der Waals surface area contributed by atoms with E-state index in [0.29, 0.717) is 5.02 Å². The molecule has 0 unspecified atom stereocenters. The van der Waals surface area contributed by atoms with Gasteiger partial charge in [0.1, 0.15) is 0 Å². The summed E-state index contributed by atoms with van der Waals surface area (Å²) in [5.41, 5.74) is 9.92. The SMILES string of the molecule is C[C@H](N)c1ccc(-n2cc(-c3ccccc3)cn2)c(Cl)c1. The van der Waals surface area contributed by atoms with Crippen molar-refractivity contribution in [2.45, 2.75) is 13.0 Å². The lowest BCUT2D eigenvalue weighted by molar-refractivity contribution is 0.814. The molecular weight excluding hydrogens is 282 g/mol. The zero-order valence-electron chi connectivity index (χ0n) is 11.7. The lowest BCUT2D eigenvalue weighted by atomic mass is 10.1. The highest BCUT2D eigenvalue weighted by atomic mass is 35.5. The van der Waals surface area contributed by atoms with Crippen LogP contribution in [0.3, 0.4) is 0 Å². The number of halogens is 1. The number of hydrogen-bond donors (Lipinski definition) is 1. The van der Waals surface area contributed by atoms with Crippen molar-refractivity contribution in [2.24, 2.45) is 5.73 Å². The molecule has 0 saturated heterocycles. The van der Waals surface area contributed by atoms with Crippen molar-refractivity contribution < 1.29 is 0 Å². The first-order valence-electron chi connectivity index (χ1n) is 6.80. The Hall–Kier alpha value is -2.10. The van der Waals surface area contributed by atoms with E-state index < -0.39 is 0 Å². The molecular formula is C17H16ClN3. The molecule has 3 nitrogen and oxygen atoms in total. The minimum absolute atomic E-state index is 0.0333. The third-order valence-electron chi connectivity index (χ3n) is 3.43. The highest BCUT2D eigenvalue weighted by molar-refractivity contribution is 6.32. The van der Waals surface area contributed by atoms with Crippen LogP contribution in [0.4, 0.5) is 0 Å². The Kier molecular flexibility index (Phi) is 3.78. The summed E-state index contributed by atoms with van der Waals surface area (Å²) in [7, 11) is 0. The minimum atomic E-state index is -0.0333. The molecule has 0 bridgehead atoms. The zero-order valence-corrected chi connectivity index (χ0v) is 12.5. The van der Waals surface area contributed by atoms with Crippen LogP contribution < -0.4 is 5.73 Å². The Morgan fingerprint density at radius 2 is 1.86 bits per heavy atom. The van der Waals surface area contributed by atoms with E-state index in [4.69, 9.17) is 17.3 Å². The molecule has 21 heavy (non-hydrogen) atoms. The summed E-state index contributed by atoms with van der Waals surface area (Å²) in [6.07, 6.45) is 3.81. The molecule has 0 saturated carbocycles. The van der Waals surface area contributed by atoms with E-state index in [0.717, 1.165) is 22.4 Å². The maximum atomic E-state index is 6.35. The Balaban J connectivity index is 1.97. The summed E-state index contributed by atoms with van der Waals surface area (Å²) in [6, 6.07) is 15.9. The topological polar surface area (TPSA) is 43.8 Å². The van der Waals surface area contributed by atoms with Gasteiger partial charge in [-0.2, -0.15) is 5.10 Å². The number of benzene rings is 2. The summed E-state index contributed by atoms with van der Waals surface area (Å²) in [5.74, 6) is 0. The van der Waals surface area contributed by atoms with Gasteiger partial charge in [0.15, 0.2) is 0 Å². The van der Waals surface area contributed by atoms with Crippen molar-refractivity contribution in [3.05, 3.63) is 71.5 Å². The third kappa shape index (κ3) is 2.84. The molecule has 0 aliphatic carbocycles. The maximum absolute atomic E-state index is 6.35. The minimum Gasteiger partial charge on any atom is -0.324 e. The van der Waals surface area contributed by atoms with E-state index in [-0.39, 0.29) is 6.04 Å². The van der Waals surface area contributed by atoms with Crippen molar-refractivity contribution in [2.75, 3.05) is 0 Å². The molecule has 2 aromatic carbocycles. The summed E-state index contributed by atoms with van der Waals surface area (Å²) < 4.78 is 1.79. The first kappa shape index (κ1) is 13.9. The molecule has 1 atom stereocenters. The van der Waals surface area contributed by atoms with Crippen molar-refractivity contribution in [3.8, 4) is 16.8 Å². The quantitative estimate of drug-likeness (QED) is 0.787. The number of rotatable bonds is 3. The van der Waals surface area contributed by atoms with Crippen LogP contribution in [0.1, 0.15) is 18.5 Å². The fourth-order valence-electron chi connectivity index (χ4n) is 2.23. The lowest BCUT2D eigenvalue weighted by Crippen LogP contribution is -2.05. The monoisotopic (exact) mass is 297 g/mol. The molecule has 4 heteroatoms. The molecule has 3 aromatic rings. The summed E-state index contributed by atoms with van der Waals surface area (Å²) >= 11 is 6.35. The van der Waals surface area contributed by atoms with Gasteiger partial charge < -0.3 is 5.73 Å². The Bertz CT molecular complexity index is 748. The first-order valence-corrected chi connectivity index (χ1v) is 7.18. The van der Waals surface area contributed by atoms with E-state index in [2.05, 4.69) is 17.2 Å². The number of hydrogen-bond acceptors (Lipinski definition) is 2. The Labute approximate surface area is 129 Å². The molecule has 106 valence electrons. The smallest absolute Gasteiger partial charge is 0.0832 e. The number of aromatic nitrogens is 2. The zero-order chi connectivity index (χ0) is 14.8. The van der Waals surface area contributed by atoms with Crippen LogP contribution in [0.15, 0.2) is 60.9 Å². The molecule has 0 amide bonds. The molecule has 0 aliphatic rings. The van der Waals surface area contributed by atoms with E-state index in [1.807, 2.05) is 55.7 Å². The largest absolute Gasteiger partial charge is 0.324 e. The van der Waals surface area contributed by atoms with Gasteiger partial charge >= 0.3 is 0 Å². The molecule has 0 spiro atoms. The van der Waals surface area contributed by atoms with E-state index >= 15 is 0 Å². The highest BCUT2D eigenvalue weighted by Gasteiger charge is 2.08. The molecule has 3 rings (SSSR count). The van der Waals surface area contributed by atoms with Crippen LogP contribution in [0.25, 0.3) is 16.8 Å². The van der Waals surface area contributed by atoms with Gasteiger partial charge in [-0.3, -0.25) is 0 Å². The Morgan fingerprint density at radius 3 is 2.52 bits per heavy atom. The number of nitrogens with zero attached hydrogens (tertiary/aromatic N) is 2. The van der Waals surface area contributed by atoms with Crippen molar-refractivity contribution >= 4 is 11.6 Å². The lowest BCUT2D eigenvalue weighted by Gasteiger charge is -2.09. The van der Waals surface area contributed by atoms with Gasteiger partial charge in [0, 0.05) is 17.8 Å². The second kappa shape index (κ2) is 5.72. The summed E-state index contributed by atoms with van der Waals surface area (Å²) in [6.45, 7) is 1.94. The van der Waals surface area contributed by atoms with Gasteiger partial charge in [-0.25, -0.2) is 4.68 Å². The van der Waals surface area contributed by atoms with Gasteiger partial charge in [0.25, 0.3) is 0 Å².